The second kappa shape index (κ2) is 5.20. The first-order valence-electron chi connectivity index (χ1n) is 4.93. The van der Waals surface area contributed by atoms with Crippen molar-refractivity contribution < 1.29 is 4.43 Å². The monoisotopic (exact) mass is 232 g/mol. The van der Waals surface area contributed by atoms with Crippen LogP contribution in [-0.4, -0.2) is 20.3 Å². The molecule has 0 radical (unpaired) electrons. The number of rotatable bonds is 2. The van der Waals surface area contributed by atoms with Crippen LogP contribution >= 0.6 is 11.6 Å². The molecule has 0 spiro atoms. The first-order chi connectivity index (χ1) is 6.20. The molecule has 0 bridgehead atoms. The van der Waals surface area contributed by atoms with E-state index in [0.717, 1.165) is 0 Å². The average molecular weight is 233 g/mol. The summed E-state index contributed by atoms with van der Waals surface area (Å²) in [6.45, 7) is 13.1. The zero-order valence-corrected chi connectivity index (χ0v) is 11.8. The summed E-state index contributed by atoms with van der Waals surface area (Å²) in [6, 6.07) is 0. The van der Waals surface area contributed by atoms with Crippen LogP contribution < -0.4 is 0 Å². The lowest BCUT2D eigenvalue weighted by Gasteiger charge is -2.37. The molecule has 0 saturated heterocycles. The van der Waals surface area contributed by atoms with Crippen molar-refractivity contribution in [3.8, 4) is 11.8 Å². The minimum absolute atomic E-state index is 0.00496. The molecular formula is C11H21ClOSi. The van der Waals surface area contributed by atoms with Crippen LogP contribution in [-0.2, 0) is 4.43 Å². The van der Waals surface area contributed by atoms with Gasteiger partial charge in [0.2, 0.25) is 0 Å². The van der Waals surface area contributed by atoms with Gasteiger partial charge in [0.15, 0.2) is 8.32 Å². The van der Waals surface area contributed by atoms with Gasteiger partial charge in [-0.15, -0.1) is 11.6 Å². The van der Waals surface area contributed by atoms with Gasteiger partial charge in [0.05, 0.1) is 5.88 Å². The van der Waals surface area contributed by atoms with Crippen molar-refractivity contribution in [3.05, 3.63) is 0 Å². The molecule has 0 rings (SSSR count). The van der Waals surface area contributed by atoms with E-state index in [2.05, 4.69) is 45.7 Å². The highest BCUT2D eigenvalue weighted by atomic mass is 35.5. The summed E-state index contributed by atoms with van der Waals surface area (Å²) >= 11 is 5.49. The molecule has 1 nitrogen and oxygen atoms in total. The summed E-state index contributed by atoms with van der Waals surface area (Å²) in [7, 11) is -1.66. The zero-order valence-electron chi connectivity index (χ0n) is 10.1. The number of hydrogen-bond donors (Lipinski definition) is 0. The van der Waals surface area contributed by atoms with Gasteiger partial charge in [0.25, 0.3) is 0 Å². The summed E-state index contributed by atoms with van der Waals surface area (Å²) in [6.07, 6.45) is -0.00496. The normalized spacial score (nSPS) is 14.5. The Kier molecular flexibility index (Phi) is 5.21. The van der Waals surface area contributed by atoms with Crippen molar-refractivity contribution in [2.75, 3.05) is 5.88 Å². The quantitative estimate of drug-likeness (QED) is 0.401. The van der Waals surface area contributed by atoms with Crippen molar-refractivity contribution in [2.45, 2.75) is 51.9 Å². The molecule has 0 aromatic heterocycles. The molecule has 0 aliphatic carbocycles. The Morgan fingerprint density at radius 3 is 2.21 bits per heavy atom. The molecule has 0 aromatic rings. The lowest BCUT2D eigenvalue weighted by Crippen LogP contribution is -2.43. The largest absolute Gasteiger partial charge is 0.404 e. The molecule has 0 aliphatic heterocycles. The molecule has 82 valence electrons. The third-order valence-corrected chi connectivity index (χ3v) is 7.34. The molecule has 1 unspecified atom stereocenters. The minimum atomic E-state index is -1.66. The third-order valence-electron chi connectivity index (χ3n) is 2.65. The third kappa shape index (κ3) is 4.50. The fourth-order valence-corrected chi connectivity index (χ4v) is 2.20. The number of hydrogen-bond acceptors (Lipinski definition) is 1. The second-order valence-corrected chi connectivity index (χ2v) is 10.00. The van der Waals surface area contributed by atoms with Gasteiger partial charge in [0.1, 0.15) is 6.10 Å². The van der Waals surface area contributed by atoms with Gasteiger partial charge < -0.3 is 4.43 Å². The van der Waals surface area contributed by atoms with Crippen molar-refractivity contribution in [1.82, 2.24) is 0 Å². The van der Waals surface area contributed by atoms with Crippen LogP contribution in [0.2, 0.25) is 18.1 Å². The van der Waals surface area contributed by atoms with Gasteiger partial charge in [-0.3, -0.25) is 0 Å². The molecule has 0 heterocycles. The molecule has 0 aliphatic rings. The SMILES string of the molecule is CC(C#CCCl)O[Si](C)(C)C(C)(C)C. The summed E-state index contributed by atoms with van der Waals surface area (Å²) in [5, 5.41) is 0.240. The summed E-state index contributed by atoms with van der Waals surface area (Å²) in [4.78, 5) is 0. The Balaban J connectivity index is 4.37. The Bertz CT molecular complexity index is 232. The highest BCUT2D eigenvalue weighted by Gasteiger charge is 2.38. The first kappa shape index (κ1) is 14.0. The van der Waals surface area contributed by atoms with E-state index in [1.165, 1.54) is 0 Å². The molecule has 1 atom stereocenters. The highest BCUT2D eigenvalue weighted by Crippen LogP contribution is 2.37. The Labute approximate surface area is 94.3 Å². The van der Waals surface area contributed by atoms with E-state index in [4.69, 9.17) is 16.0 Å². The van der Waals surface area contributed by atoms with E-state index in [1.54, 1.807) is 0 Å². The van der Waals surface area contributed by atoms with Crippen LogP contribution in [0.25, 0.3) is 0 Å². The van der Waals surface area contributed by atoms with Gasteiger partial charge >= 0.3 is 0 Å². The molecule has 0 aromatic carbocycles. The van der Waals surface area contributed by atoms with E-state index in [0.29, 0.717) is 5.88 Å². The second-order valence-electron chi connectivity index (χ2n) is 4.98. The molecular weight excluding hydrogens is 212 g/mol. The average Bonchev–Trinajstić information content (AvgIpc) is 1.97. The molecule has 0 fully saturated rings. The van der Waals surface area contributed by atoms with Crippen LogP contribution in [0.4, 0.5) is 0 Å². The molecule has 0 saturated carbocycles. The van der Waals surface area contributed by atoms with Gasteiger partial charge in [-0.25, -0.2) is 0 Å². The fourth-order valence-electron chi connectivity index (χ4n) is 0.830. The summed E-state index contributed by atoms with van der Waals surface area (Å²) in [5.74, 6) is 6.21. The van der Waals surface area contributed by atoms with E-state index in [1.807, 2.05) is 6.92 Å². The van der Waals surface area contributed by atoms with E-state index in [-0.39, 0.29) is 11.1 Å². The van der Waals surface area contributed by atoms with Crippen LogP contribution in [0.3, 0.4) is 0 Å². The van der Waals surface area contributed by atoms with Gasteiger partial charge in [-0.05, 0) is 25.1 Å². The lowest BCUT2D eigenvalue weighted by atomic mass is 10.2. The highest BCUT2D eigenvalue weighted by molar-refractivity contribution is 6.74. The van der Waals surface area contributed by atoms with Crippen LogP contribution in [0.15, 0.2) is 0 Å². The van der Waals surface area contributed by atoms with E-state index in [9.17, 15) is 0 Å². The Morgan fingerprint density at radius 2 is 1.86 bits per heavy atom. The molecule has 14 heavy (non-hydrogen) atoms. The standard InChI is InChI=1S/C11H21ClOSi/c1-10(8-7-9-12)13-14(5,6)11(2,3)4/h10H,9H2,1-6H3. The topological polar surface area (TPSA) is 9.23 Å². The number of halogens is 1. The van der Waals surface area contributed by atoms with Crippen LogP contribution in [0.1, 0.15) is 27.7 Å². The number of alkyl halides is 1. The Morgan fingerprint density at radius 1 is 1.36 bits per heavy atom. The maximum Gasteiger partial charge on any atom is 0.193 e. The van der Waals surface area contributed by atoms with E-state index >= 15 is 0 Å². The van der Waals surface area contributed by atoms with E-state index < -0.39 is 8.32 Å². The van der Waals surface area contributed by atoms with Crippen molar-refractivity contribution in [1.29, 1.82) is 0 Å². The maximum atomic E-state index is 6.01. The lowest BCUT2D eigenvalue weighted by molar-refractivity contribution is 0.251. The summed E-state index contributed by atoms with van der Waals surface area (Å²) < 4.78 is 6.01. The fraction of sp³-hybridized carbons (Fsp3) is 0.818. The summed E-state index contributed by atoms with van der Waals surface area (Å²) in [5.41, 5.74) is 0. The van der Waals surface area contributed by atoms with Crippen molar-refractivity contribution >= 4 is 19.9 Å². The molecule has 0 N–H and O–H groups in total. The first-order valence-corrected chi connectivity index (χ1v) is 8.37. The van der Waals surface area contributed by atoms with Gasteiger partial charge in [-0.1, -0.05) is 32.6 Å². The maximum absolute atomic E-state index is 6.01. The van der Waals surface area contributed by atoms with Crippen molar-refractivity contribution in [2.24, 2.45) is 0 Å². The van der Waals surface area contributed by atoms with Crippen LogP contribution in [0, 0.1) is 11.8 Å². The molecule has 3 heteroatoms. The predicted molar refractivity (Wildman–Crippen MR) is 66.2 cm³/mol. The zero-order chi connectivity index (χ0) is 11.4. The van der Waals surface area contributed by atoms with Gasteiger partial charge in [0, 0.05) is 0 Å². The smallest absolute Gasteiger partial charge is 0.193 e. The predicted octanol–water partition coefficient (Wildman–Crippen LogP) is 3.64. The van der Waals surface area contributed by atoms with Crippen LogP contribution in [0.5, 0.6) is 0 Å². The van der Waals surface area contributed by atoms with Crippen molar-refractivity contribution in [3.63, 3.8) is 0 Å². The van der Waals surface area contributed by atoms with Gasteiger partial charge in [-0.2, -0.15) is 0 Å². The molecule has 0 amide bonds. The Hall–Kier alpha value is 0.0269. The minimum Gasteiger partial charge on any atom is -0.404 e.